The third-order valence-electron chi connectivity index (χ3n) is 4.34. The van der Waals surface area contributed by atoms with Crippen LogP contribution in [0, 0.1) is 0 Å². The fourth-order valence-corrected chi connectivity index (χ4v) is 3.66. The summed E-state index contributed by atoms with van der Waals surface area (Å²) in [6.07, 6.45) is 0. The predicted molar refractivity (Wildman–Crippen MR) is 86.6 cm³/mol. The fourth-order valence-electron chi connectivity index (χ4n) is 3.23. The number of hydrogen-bond acceptors (Lipinski definition) is 3. The number of hydrogen-bond donors (Lipinski definition) is 0. The second kappa shape index (κ2) is 5.23. The Balaban J connectivity index is 1.87. The summed E-state index contributed by atoms with van der Waals surface area (Å²) < 4.78 is 0. The number of halogens is 1. The number of likely N-dealkylation sites (N-methyl/N-ethyl adjacent to an activating group) is 1. The number of anilines is 1. The van der Waals surface area contributed by atoms with Crippen molar-refractivity contribution in [3.63, 3.8) is 0 Å². The Morgan fingerprint density at radius 1 is 1.30 bits per heavy atom. The molecule has 0 N–H and O–H groups in total. The number of amides is 4. The molecule has 122 valence electrons. The van der Waals surface area contributed by atoms with Gasteiger partial charge in [0.15, 0.2) is 0 Å². The summed E-state index contributed by atoms with van der Waals surface area (Å²) in [5, 5.41) is 0.621. The first-order chi connectivity index (χ1) is 10.7. The quantitative estimate of drug-likeness (QED) is 0.775. The van der Waals surface area contributed by atoms with Crippen LogP contribution in [0.3, 0.4) is 0 Å². The molecule has 1 aromatic rings. The van der Waals surface area contributed by atoms with E-state index in [2.05, 4.69) is 0 Å². The zero-order valence-electron chi connectivity index (χ0n) is 13.3. The average Bonchev–Trinajstić information content (AvgIpc) is 2.88. The normalized spacial score (nSPS) is 19.6. The lowest BCUT2D eigenvalue weighted by Gasteiger charge is -2.23. The van der Waals surface area contributed by atoms with Crippen molar-refractivity contribution in [3.8, 4) is 0 Å². The maximum atomic E-state index is 12.7. The molecule has 1 saturated heterocycles. The van der Waals surface area contributed by atoms with Crippen LogP contribution in [-0.4, -0.2) is 54.3 Å². The Morgan fingerprint density at radius 2 is 2.00 bits per heavy atom. The molecule has 2 heterocycles. The van der Waals surface area contributed by atoms with Crippen LogP contribution in [0.5, 0.6) is 0 Å². The molecule has 23 heavy (non-hydrogen) atoms. The molecule has 0 bridgehead atoms. The van der Waals surface area contributed by atoms with Gasteiger partial charge in [0.25, 0.3) is 5.91 Å². The van der Waals surface area contributed by atoms with E-state index in [0.717, 1.165) is 16.2 Å². The monoisotopic (exact) mass is 335 g/mol. The van der Waals surface area contributed by atoms with E-state index in [-0.39, 0.29) is 30.3 Å². The number of imide groups is 1. The summed E-state index contributed by atoms with van der Waals surface area (Å²) in [6.45, 7) is 4.27. The van der Waals surface area contributed by atoms with E-state index in [0.29, 0.717) is 11.6 Å². The summed E-state index contributed by atoms with van der Waals surface area (Å²) in [6, 6.07) is 5.00. The van der Waals surface area contributed by atoms with Crippen LogP contribution in [0.2, 0.25) is 5.02 Å². The molecule has 7 heteroatoms. The van der Waals surface area contributed by atoms with Gasteiger partial charge in [0.05, 0.1) is 0 Å². The van der Waals surface area contributed by atoms with Gasteiger partial charge < -0.3 is 9.80 Å². The SMILES string of the molecule is CN1CC(=O)N(CC(=O)N2CC(C)(C)c3c(Cl)cccc32)C1=O. The third-order valence-corrected chi connectivity index (χ3v) is 4.65. The highest BCUT2D eigenvalue weighted by molar-refractivity contribution is 6.32. The van der Waals surface area contributed by atoms with Crippen molar-refractivity contribution in [2.24, 2.45) is 0 Å². The lowest BCUT2D eigenvalue weighted by atomic mass is 9.87. The molecule has 3 rings (SSSR count). The van der Waals surface area contributed by atoms with Crippen molar-refractivity contribution in [2.45, 2.75) is 19.3 Å². The first kappa shape index (κ1) is 15.8. The number of nitrogens with zero attached hydrogens (tertiary/aromatic N) is 3. The molecule has 4 amide bonds. The van der Waals surface area contributed by atoms with Crippen molar-refractivity contribution in [1.29, 1.82) is 0 Å². The molecule has 0 aromatic heterocycles. The average molecular weight is 336 g/mol. The number of urea groups is 1. The molecule has 0 unspecified atom stereocenters. The number of carbonyl (C=O) groups excluding carboxylic acids is 3. The smallest absolute Gasteiger partial charge is 0.318 e. The van der Waals surface area contributed by atoms with Gasteiger partial charge in [-0.2, -0.15) is 0 Å². The maximum absolute atomic E-state index is 12.7. The lowest BCUT2D eigenvalue weighted by molar-refractivity contribution is -0.129. The standard InChI is InChI=1S/C16H18ClN3O3/c1-16(2)9-20(11-6-4-5-10(17)14(11)16)13(22)8-19-12(21)7-18(3)15(19)23/h4-6H,7-9H2,1-3H3. The molecule has 0 aliphatic carbocycles. The van der Waals surface area contributed by atoms with Crippen molar-refractivity contribution in [3.05, 3.63) is 28.8 Å². The van der Waals surface area contributed by atoms with Crippen LogP contribution in [0.1, 0.15) is 19.4 Å². The van der Waals surface area contributed by atoms with Gasteiger partial charge in [-0.15, -0.1) is 0 Å². The topological polar surface area (TPSA) is 60.9 Å². The third kappa shape index (κ3) is 2.47. The van der Waals surface area contributed by atoms with Crippen molar-refractivity contribution in [2.75, 3.05) is 31.6 Å². The van der Waals surface area contributed by atoms with E-state index < -0.39 is 6.03 Å². The van der Waals surface area contributed by atoms with Crippen LogP contribution in [-0.2, 0) is 15.0 Å². The highest BCUT2D eigenvalue weighted by Gasteiger charge is 2.42. The van der Waals surface area contributed by atoms with Crippen LogP contribution < -0.4 is 4.90 Å². The molecular formula is C16H18ClN3O3. The van der Waals surface area contributed by atoms with Gasteiger partial charge in [0.1, 0.15) is 13.1 Å². The molecule has 0 radical (unpaired) electrons. The molecule has 1 fully saturated rings. The summed E-state index contributed by atoms with van der Waals surface area (Å²) in [4.78, 5) is 40.4. The molecule has 1 aromatic carbocycles. The second-order valence-corrected chi connectivity index (χ2v) is 7.02. The highest BCUT2D eigenvalue weighted by atomic mass is 35.5. The molecule has 6 nitrogen and oxygen atoms in total. The Kier molecular flexibility index (Phi) is 3.59. The minimum Gasteiger partial charge on any atom is -0.318 e. The van der Waals surface area contributed by atoms with E-state index in [1.165, 1.54) is 4.90 Å². The Bertz CT molecular complexity index is 717. The number of fused-ring (bicyclic) bond motifs is 1. The van der Waals surface area contributed by atoms with Crippen LogP contribution >= 0.6 is 11.6 Å². The van der Waals surface area contributed by atoms with E-state index in [1.807, 2.05) is 19.9 Å². The van der Waals surface area contributed by atoms with Gasteiger partial charge in [-0.1, -0.05) is 31.5 Å². The van der Waals surface area contributed by atoms with Gasteiger partial charge in [0, 0.05) is 35.3 Å². The first-order valence-electron chi connectivity index (χ1n) is 7.37. The minimum absolute atomic E-state index is 0.0139. The van der Waals surface area contributed by atoms with E-state index >= 15 is 0 Å². The van der Waals surface area contributed by atoms with Gasteiger partial charge >= 0.3 is 6.03 Å². The van der Waals surface area contributed by atoms with Gasteiger partial charge in [-0.05, 0) is 12.1 Å². The largest absolute Gasteiger partial charge is 0.327 e. The zero-order chi connectivity index (χ0) is 16.9. The zero-order valence-corrected chi connectivity index (χ0v) is 14.1. The molecular weight excluding hydrogens is 318 g/mol. The van der Waals surface area contributed by atoms with E-state index in [9.17, 15) is 14.4 Å². The molecule has 2 aliphatic rings. The molecule has 0 atom stereocenters. The summed E-state index contributed by atoms with van der Waals surface area (Å²) in [7, 11) is 1.54. The summed E-state index contributed by atoms with van der Waals surface area (Å²) in [5.41, 5.74) is 1.39. The predicted octanol–water partition coefficient (Wildman–Crippen LogP) is 1.86. The van der Waals surface area contributed by atoms with Gasteiger partial charge in [0.2, 0.25) is 5.91 Å². The van der Waals surface area contributed by atoms with Crippen molar-refractivity contribution in [1.82, 2.24) is 9.80 Å². The van der Waals surface area contributed by atoms with E-state index in [4.69, 9.17) is 11.6 Å². The highest BCUT2D eigenvalue weighted by Crippen LogP contribution is 2.44. The van der Waals surface area contributed by atoms with Crippen molar-refractivity contribution >= 4 is 35.1 Å². The number of carbonyl (C=O) groups is 3. The van der Waals surface area contributed by atoms with Crippen LogP contribution in [0.15, 0.2) is 18.2 Å². The number of benzene rings is 1. The summed E-state index contributed by atoms with van der Waals surface area (Å²) >= 11 is 6.30. The van der Waals surface area contributed by atoms with Gasteiger partial charge in [-0.3, -0.25) is 14.5 Å². The Hall–Kier alpha value is -2.08. The van der Waals surface area contributed by atoms with Crippen LogP contribution in [0.25, 0.3) is 0 Å². The molecule has 0 spiro atoms. The van der Waals surface area contributed by atoms with Crippen molar-refractivity contribution < 1.29 is 14.4 Å². The van der Waals surface area contributed by atoms with Crippen LogP contribution in [0.4, 0.5) is 10.5 Å². The molecule has 2 aliphatic heterocycles. The fraction of sp³-hybridized carbons (Fsp3) is 0.438. The maximum Gasteiger partial charge on any atom is 0.327 e. The Morgan fingerprint density at radius 3 is 2.61 bits per heavy atom. The van der Waals surface area contributed by atoms with E-state index in [1.54, 1.807) is 24.1 Å². The number of rotatable bonds is 2. The lowest BCUT2D eigenvalue weighted by Crippen LogP contribution is -2.44. The van der Waals surface area contributed by atoms with Gasteiger partial charge in [-0.25, -0.2) is 4.79 Å². The first-order valence-corrected chi connectivity index (χ1v) is 7.75. The summed E-state index contributed by atoms with van der Waals surface area (Å²) in [5.74, 6) is -0.633. The molecule has 0 saturated carbocycles. The Labute approximate surface area is 139 Å². The second-order valence-electron chi connectivity index (χ2n) is 6.62. The minimum atomic E-state index is -0.437.